The van der Waals surface area contributed by atoms with Crippen molar-refractivity contribution in [3.05, 3.63) is 63.6 Å². The molecule has 0 radical (unpaired) electrons. The first kappa shape index (κ1) is 16.8. The number of nitrogens with zero attached hydrogens (tertiary/aromatic N) is 1. The first-order chi connectivity index (χ1) is 11.6. The number of amides is 2. The van der Waals surface area contributed by atoms with Crippen LogP contribution in [0.5, 0.6) is 0 Å². The van der Waals surface area contributed by atoms with Gasteiger partial charge in [0.2, 0.25) is 5.91 Å². The highest BCUT2D eigenvalue weighted by Gasteiger charge is 2.22. The summed E-state index contributed by atoms with van der Waals surface area (Å²) in [5, 5.41) is 3.33. The summed E-state index contributed by atoms with van der Waals surface area (Å²) in [6.07, 6.45) is 1.89. The van der Waals surface area contributed by atoms with Gasteiger partial charge in [0, 0.05) is 17.8 Å². The Morgan fingerprint density at radius 3 is 2.67 bits per heavy atom. The zero-order chi connectivity index (χ0) is 17.1. The van der Waals surface area contributed by atoms with E-state index in [1.165, 1.54) is 6.07 Å². The summed E-state index contributed by atoms with van der Waals surface area (Å²) < 4.78 is 0. The molecule has 124 valence electrons. The highest BCUT2D eigenvalue weighted by atomic mass is 35.5. The number of hydrogen-bond acceptors (Lipinski definition) is 2. The van der Waals surface area contributed by atoms with E-state index in [1.807, 2.05) is 24.3 Å². The minimum absolute atomic E-state index is 0.0621. The molecule has 0 atom stereocenters. The molecule has 0 spiro atoms. The number of carbonyl (C=O) groups excluding carboxylic acids is 2. The second kappa shape index (κ2) is 7.24. The van der Waals surface area contributed by atoms with Crippen LogP contribution in [-0.4, -0.2) is 24.9 Å². The fourth-order valence-corrected chi connectivity index (χ4v) is 3.08. The van der Waals surface area contributed by atoms with Crippen molar-refractivity contribution in [1.82, 2.24) is 5.32 Å². The van der Waals surface area contributed by atoms with Gasteiger partial charge in [-0.25, -0.2) is 0 Å². The molecule has 6 heteroatoms. The number of aryl methyl sites for hydroxylation is 1. The minimum atomic E-state index is -0.354. The van der Waals surface area contributed by atoms with Crippen molar-refractivity contribution in [2.75, 3.05) is 18.0 Å². The zero-order valence-corrected chi connectivity index (χ0v) is 14.4. The minimum Gasteiger partial charge on any atom is -0.343 e. The van der Waals surface area contributed by atoms with Crippen molar-refractivity contribution in [3.63, 3.8) is 0 Å². The second-order valence-electron chi connectivity index (χ2n) is 5.59. The van der Waals surface area contributed by atoms with Gasteiger partial charge < -0.3 is 10.2 Å². The van der Waals surface area contributed by atoms with Gasteiger partial charge in [-0.2, -0.15) is 0 Å². The predicted molar refractivity (Wildman–Crippen MR) is 95.9 cm³/mol. The molecule has 0 bridgehead atoms. The molecular weight excluding hydrogens is 347 g/mol. The van der Waals surface area contributed by atoms with Crippen LogP contribution in [0.25, 0.3) is 0 Å². The maximum atomic E-state index is 12.5. The van der Waals surface area contributed by atoms with Gasteiger partial charge in [-0.1, -0.05) is 41.4 Å². The molecule has 0 unspecified atom stereocenters. The summed E-state index contributed by atoms with van der Waals surface area (Å²) in [5.74, 6) is -0.484. The first-order valence-electron chi connectivity index (χ1n) is 7.68. The van der Waals surface area contributed by atoms with Gasteiger partial charge in [0.05, 0.1) is 16.6 Å². The van der Waals surface area contributed by atoms with E-state index in [0.29, 0.717) is 22.2 Å². The fourth-order valence-electron chi connectivity index (χ4n) is 2.78. The van der Waals surface area contributed by atoms with E-state index < -0.39 is 0 Å². The number of nitrogens with one attached hydrogen (secondary N) is 1. The van der Waals surface area contributed by atoms with E-state index in [1.54, 1.807) is 17.0 Å². The van der Waals surface area contributed by atoms with Gasteiger partial charge in [0.25, 0.3) is 5.91 Å². The molecule has 0 fully saturated rings. The zero-order valence-electron chi connectivity index (χ0n) is 12.9. The number of para-hydroxylation sites is 1. The Morgan fingerprint density at radius 2 is 1.88 bits per heavy atom. The quantitative estimate of drug-likeness (QED) is 0.904. The van der Waals surface area contributed by atoms with Crippen LogP contribution in [0.4, 0.5) is 5.69 Å². The third-order valence-electron chi connectivity index (χ3n) is 3.99. The molecule has 0 aromatic heterocycles. The number of rotatable bonds is 3. The molecule has 24 heavy (non-hydrogen) atoms. The summed E-state index contributed by atoms with van der Waals surface area (Å²) in [4.78, 5) is 26.4. The summed E-state index contributed by atoms with van der Waals surface area (Å²) >= 11 is 11.7. The first-order valence-corrected chi connectivity index (χ1v) is 8.43. The van der Waals surface area contributed by atoms with E-state index in [2.05, 4.69) is 5.32 Å². The van der Waals surface area contributed by atoms with Gasteiger partial charge in [-0.3, -0.25) is 9.59 Å². The highest BCUT2D eigenvalue weighted by molar-refractivity contribution is 6.42. The Morgan fingerprint density at radius 1 is 1.08 bits per heavy atom. The van der Waals surface area contributed by atoms with Crippen LogP contribution in [0.2, 0.25) is 10.0 Å². The van der Waals surface area contributed by atoms with Gasteiger partial charge in [0.15, 0.2) is 0 Å². The maximum Gasteiger partial charge on any atom is 0.251 e. The molecule has 1 N–H and O–H groups in total. The third kappa shape index (κ3) is 3.55. The molecule has 0 aliphatic carbocycles. The topological polar surface area (TPSA) is 49.4 Å². The highest BCUT2D eigenvalue weighted by Crippen LogP contribution is 2.26. The Labute approximate surface area is 150 Å². The molecule has 2 aromatic carbocycles. The Balaban J connectivity index is 1.66. The normalized spacial score (nSPS) is 13.3. The summed E-state index contributed by atoms with van der Waals surface area (Å²) in [6.45, 7) is 0.603. The molecular formula is C18H16Cl2N2O2. The number of hydrogen-bond donors (Lipinski definition) is 1. The Kier molecular flexibility index (Phi) is 5.07. The molecule has 1 heterocycles. The fraction of sp³-hybridized carbons (Fsp3) is 0.222. The van der Waals surface area contributed by atoms with Crippen LogP contribution in [0, 0.1) is 0 Å². The van der Waals surface area contributed by atoms with Gasteiger partial charge in [-0.15, -0.1) is 0 Å². The molecule has 0 saturated heterocycles. The lowest BCUT2D eigenvalue weighted by Crippen LogP contribution is -2.42. The van der Waals surface area contributed by atoms with Crippen molar-refractivity contribution < 1.29 is 9.59 Å². The number of anilines is 1. The van der Waals surface area contributed by atoms with Crippen molar-refractivity contribution in [3.8, 4) is 0 Å². The SMILES string of the molecule is O=C(NCC(=O)N1CCCc2ccccc21)c1ccc(Cl)c(Cl)c1. The number of fused-ring (bicyclic) bond motifs is 1. The average molecular weight is 363 g/mol. The van der Waals surface area contributed by atoms with E-state index in [4.69, 9.17) is 23.2 Å². The molecule has 0 saturated carbocycles. The van der Waals surface area contributed by atoms with Crippen LogP contribution >= 0.6 is 23.2 Å². The van der Waals surface area contributed by atoms with Crippen LogP contribution in [0.3, 0.4) is 0 Å². The summed E-state index contributed by atoms with van der Waals surface area (Å²) in [6, 6.07) is 12.5. The molecule has 1 aliphatic rings. The monoisotopic (exact) mass is 362 g/mol. The lowest BCUT2D eigenvalue weighted by atomic mass is 10.0. The number of halogens is 2. The number of benzene rings is 2. The molecule has 2 amide bonds. The standard InChI is InChI=1S/C18H16Cl2N2O2/c19-14-8-7-13(10-15(14)20)18(24)21-11-17(23)22-9-3-5-12-4-1-2-6-16(12)22/h1-2,4,6-8,10H,3,5,9,11H2,(H,21,24). The lowest BCUT2D eigenvalue weighted by molar-refractivity contribution is -0.117. The maximum absolute atomic E-state index is 12.5. The van der Waals surface area contributed by atoms with E-state index in [9.17, 15) is 9.59 Å². The Hall–Kier alpha value is -2.04. The predicted octanol–water partition coefficient (Wildman–Crippen LogP) is 3.70. The second-order valence-corrected chi connectivity index (χ2v) is 6.40. The largest absolute Gasteiger partial charge is 0.343 e. The number of carbonyl (C=O) groups is 2. The smallest absolute Gasteiger partial charge is 0.251 e. The van der Waals surface area contributed by atoms with Crippen molar-refractivity contribution in [1.29, 1.82) is 0 Å². The van der Waals surface area contributed by atoms with Crippen molar-refractivity contribution in [2.45, 2.75) is 12.8 Å². The van der Waals surface area contributed by atoms with Gasteiger partial charge >= 0.3 is 0 Å². The van der Waals surface area contributed by atoms with Gasteiger partial charge in [-0.05, 0) is 42.7 Å². The summed E-state index contributed by atoms with van der Waals surface area (Å²) in [5.41, 5.74) is 2.46. The van der Waals surface area contributed by atoms with Crippen LogP contribution in [0.15, 0.2) is 42.5 Å². The Bertz CT molecular complexity index is 792. The lowest BCUT2D eigenvalue weighted by Gasteiger charge is -2.29. The molecule has 1 aliphatic heterocycles. The molecule has 4 nitrogen and oxygen atoms in total. The van der Waals surface area contributed by atoms with Crippen LogP contribution in [0.1, 0.15) is 22.3 Å². The van der Waals surface area contributed by atoms with E-state index in [0.717, 1.165) is 24.1 Å². The van der Waals surface area contributed by atoms with Crippen LogP contribution < -0.4 is 10.2 Å². The average Bonchev–Trinajstić information content (AvgIpc) is 2.61. The van der Waals surface area contributed by atoms with Gasteiger partial charge in [0.1, 0.15) is 0 Å². The van der Waals surface area contributed by atoms with Crippen molar-refractivity contribution in [2.24, 2.45) is 0 Å². The molecule has 2 aromatic rings. The van der Waals surface area contributed by atoms with Crippen molar-refractivity contribution >= 4 is 40.7 Å². The molecule has 3 rings (SSSR count). The van der Waals surface area contributed by atoms with E-state index in [-0.39, 0.29) is 18.4 Å². The van der Waals surface area contributed by atoms with E-state index >= 15 is 0 Å². The van der Waals surface area contributed by atoms with Crippen LogP contribution in [-0.2, 0) is 11.2 Å². The summed E-state index contributed by atoms with van der Waals surface area (Å²) in [7, 11) is 0. The third-order valence-corrected chi connectivity index (χ3v) is 4.73.